The Kier molecular flexibility index (Phi) is 3.53. The van der Waals surface area contributed by atoms with E-state index in [2.05, 4.69) is 5.32 Å². The van der Waals surface area contributed by atoms with Gasteiger partial charge in [-0.15, -0.1) is 0 Å². The zero-order valence-corrected chi connectivity index (χ0v) is 12.2. The van der Waals surface area contributed by atoms with Crippen molar-refractivity contribution < 1.29 is 9.50 Å². The van der Waals surface area contributed by atoms with Crippen molar-refractivity contribution in [2.45, 2.75) is 45.0 Å². The van der Waals surface area contributed by atoms with E-state index < -0.39 is 5.72 Å². The molecule has 1 atom stereocenters. The van der Waals surface area contributed by atoms with Crippen LogP contribution in [0, 0.1) is 5.82 Å². The topological polar surface area (TPSA) is 35.5 Å². The van der Waals surface area contributed by atoms with Gasteiger partial charge in [-0.3, -0.25) is 0 Å². The molecular weight excluding hydrogens is 263 g/mol. The van der Waals surface area contributed by atoms with Crippen LogP contribution in [-0.2, 0) is 6.54 Å². The Morgan fingerprint density at radius 3 is 2.42 bits per heavy atom. The Labute approximate surface area is 118 Å². The van der Waals surface area contributed by atoms with E-state index in [1.54, 1.807) is 24.0 Å². The zero-order chi connectivity index (χ0) is 14.3. The summed E-state index contributed by atoms with van der Waals surface area (Å²) in [5.41, 5.74) is -0.342. The van der Waals surface area contributed by atoms with Crippen LogP contribution in [0.2, 0.25) is 0 Å². The van der Waals surface area contributed by atoms with E-state index in [1.165, 1.54) is 12.1 Å². The summed E-state index contributed by atoms with van der Waals surface area (Å²) in [5.74, 6) is -0.268. The average Bonchev–Trinajstić information content (AvgIpc) is 2.23. The van der Waals surface area contributed by atoms with Crippen LogP contribution in [-0.4, -0.2) is 26.4 Å². The number of thiocarbonyl (C=S) groups is 1. The van der Waals surface area contributed by atoms with Crippen molar-refractivity contribution in [2.75, 3.05) is 0 Å². The molecule has 0 saturated carbocycles. The third-order valence-corrected chi connectivity index (χ3v) is 3.63. The molecule has 0 amide bonds. The van der Waals surface area contributed by atoms with E-state index in [1.807, 2.05) is 13.8 Å². The molecule has 1 aliphatic rings. The molecule has 0 unspecified atom stereocenters. The Hall–Kier alpha value is -1.20. The SMILES string of the molecule is CC1(C)C[C@@](C)(O)N(Cc2ccc(F)cc2)C(=S)N1. The summed E-state index contributed by atoms with van der Waals surface area (Å²) >= 11 is 5.33. The summed E-state index contributed by atoms with van der Waals surface area (Å²) in [5, 5.41) is 14.3. The first kappa shape index (κ1) is 14.2. The quantitative estimate of drug-likeness (QED) is 0.817. The van der Waals surface area contributed by atoms with Crippen LogP contribution < -0.4 is 5.32 Å². The van der Waals surface area contributed by atoms with Crippen LogP contribution in [0.15, 0.2) is 24.3 Å². The molecule has 0 aromatic heterocycles. The summed E-state index contributed by atoms with van der Waals surface area (Å²) in [6.07, 6.45) is 0.557. The fraction of sp³-hybridized carbons (Fsp3) is 0.500. The van der Waals surface area contributed by atoms with Gasteiger partial charge in [-0.2, -0.15) is 0 Å². The van der Waals surface area contributed by atoms with Gasteiger partial charge in [0, 0.05) is 18.5 Å². The normalized spacial score (nSPS) is 26.2. The monoisotopic (exact) mass is 282 g/mol. The lowest BCUT2D eigenvalue weighted by atomic mass is 9.90. The first-order valence-corrected chi connectivity index (χ1v) is 6.67. The highest BCUT2D eigenvalue weighted by Gasteiger charge is 2.42. The lowest BCUT2D eigenvalue weighted by Crippen LogP contribution is -2.65. The zero-order valence-electron chi connectivity index (χ0n) is 11.4. The Bertz CT molecular complexity index is 485. The lowest BCUT2D eigenvalue weighted by molar-refractivity contribution is -0.0921. The first-order chi connectivity index (χ1) is 8.70. The van der Waals surface area contributed by atoms with E-state index in [9.17, 15) is 9.50 Å². The van der Waals surface area contributed by atoms with E-state index in [-0.39, 0.29) is 11.4 Å². The highest BCUT2D eigenvalue weighted by molar-refractivity contribution is 7.80. The highest BCUT2D eigenvalue weighted by Crippen LogP contribution is 2.30. The molecule has 0 radical (unpaired) electrons. The van der Waals surface area contributed by atoms with Crippen molar-refractivity contribution in [1.82, 2.24) is 10.2 Å². The van der Waals surface area contributed by atoms with Crippen molar-refractivity contribution >= 4 is 17.3 Å². The minimum absolute atomic E-state index is 0.236. The van der Waals surface area contributed by atoms with E-state index >= 15 is 0 Å². The molecule has 0 bridgehead atoms. The molecule has 0 spiro atoms. The van der Waals surface area contributed by atoms with Gasteiger partial charge in [-0.1, -0.05) is 12.1 Å². The third-order valence-electron chi connectivity index (χ3n) is 3.30. The number of hydrogen-bond acceptors (Lipinski definition) is 2. The van der Waals surface area contributed by atoms with Gasteiger partial charge >= 0.3 is 0 Å². The summed E-state index contributed by atoms with van der Waals surface area (Å²) in [6, 6.07) is 6.23. The maximum atomic E-state index is 12.9. The van der Waals surface area contributed by atoms with Crippen LogP contribution in [0.1, 0.15) is 32.8 Å². The maximum Gasteiger partial charge on any atom is 0.171 e. The molecule has 104 valence electrons. The predicted molar refractivity (Wildman–Crippen MR) is 77.0 cm³/mol. The minimum atomic E-state index is -1.01. The number of hydrogen-bond donors (Lipinski definition) is 2. The third kappa shape index (κ3) is 3.22. The molecule has 1 aromatic carbocycles. The van der Waals surface area contributed by atoms with Gasteiger partial charge < -0.3 is 15.3 Å². The average molecular weight is 282 g/mol. The Morgan fingerprint density at radius 2 is 1.89 bits per heavy atom. The van der Waals surface area contributed by atoms with Gasteiger partial charge in [0.25, 0.3) is 0 Å². The van der Waals surface area contributed by atoms with Gasteiger partial charge in [-0.25, -0.2) is 4.39 Å². The second-order valence-electron chi connectivity index (χ2n) is 5.92. The van der Waals surface area contributed by atoms with Crippen molar-refractivity contribution in [3.05, 3.63) is 35.6 Å². The van der Waals surface area contributed by atoms with Crippen LogP contribution in [0.25, 0.3) is 0 Å². The standard InChI is InChI=1S/C14H19FN2OS/c1-13(2)9-14(3,18)17(12(19)16-13)8-10-4-6-11(15)7-5-10/h4-7,18H,8-9H2,1-3H3,(H,16,19)/t14-/m1/s1. The number of nitrogens with zero attached hydrogens (tertiary/aromatic N) is 1. The largest absolute Gasteiger partial charge is 0.371 e. The van der Waals surface area contributed by atoms with E-state index in [4.69, 9.17) is 12.2 Å². The van der Waals surface area contributed by atoms with Gasteiger partial charge in [0.2, 0.25) is 0 Å². The molecule has 3 nitrogen and oxygen atoms in total. The van der Waals surface area contributed by atoms with Crippen LogP contribution in [0.3, 0.4) is 0 Å². The van der Waals surface area contributed by atoms with Gasteiger partial charge in [0.05, 0.1) is 0 Å². The summed E-state index contributed by atoms with van der Waals surface area (Å²) in [7, 11) is 0. The van der Waals surface area contributed by atoms with Crippen molar-refractivity contribution in [1.29, 1.82) is 0 Å². The minimum Gasteiger partial charge on any atom is -0.371 e. The highest BCUT2D eigenvalue weighted by atomic mass is 32.1. The first-order valence-electron chi connectivity index (χ1n) is 6.26. The van der Waals surface area contributed by atoms with E-state index in [0.717, 1.165) is 5.56 Å². The molecule has 0 aliphatic carbocycles. The van der Waals surface area contributed by atoms with E-state index in [0.29, 0.717) is 18.1 Å². The van der Waals surface area contributed by atoms with Gasteiger partial charge in [0.15, 0.2) is 5.11 Å². The number of halogens is 1. The predicted octanol–water partition coefficient (Wildman–Crippen LogP) is 2.39. The number of benzene rings is 1. The van der Waals surface area contributed by atoms with Crippen molar-refractivity contribution in [2.24, 2.45) is 0 Å². The maximum absolute atomic E-state index is 12.9. The molecule has 1 aromatic rings. The second kappa shape index (κ2) is 4.72. The molecular formula is C14H19FN2OS. The molecule has 1 fully saturated rings. The van der Waals surface area contributed by atoms with Crippen molar-refractivity contribution in [3.63, 3.8) is 0 Å². The molecule has 2 rings (SSSR count). The van der Waals surface area contributed by atoms with Crippen LogP contribution in [0.4, 0.5) is 4.39 Å². The smallest absolute Gasteiger partial charge is 0.171 e. The number of nitrogens with one attached hydrogen (secondary N) is 1. The van der Waals surface area contributed by atoms with Crippen LogP contribution in [0.5, 0.6) is 0 Å². The molecule has 1 heterocycles. The van der Waals surface area contributed by atoms with Crippen LogP contribution >= 0.6 is 12.2 Å². The second-order valence-corrected chi connectivity index (χ2v) is 6.31. The van der Waals surface area contributed by atoms with Gasteiger partial charge in [0.1, 0.15) is 11.5 Å². The van der Waals surface area contributed by atoms with Gasteiger partial charge in [-0.05, 0) is 50.7 Å². The fourth-order valence-electron chi connectivity index (χ4n) is 2.57. The summed E-state index contributed by atoms with van der Waals surface area (Å²) < 4.78 is 12.9. The van der Waals surface area contributed by atoms with Crippen molar-refractivity contribution in [3.8, 4) is 0 Å². The Balaban J connectivity index is 2.19. The molecule has 2 N–H and O–H groups in total. The molecule has 5 heteroatoms. The molecule has 19 heavy (non-hydrogen) atoms. The Morgan fingerprint density at radius 1 is 1.32 bits per heavy atom. The molecule has 1 saturated heterocycles. The number of aliphatic hydroxyl groups is 1. The lowest BCUT2D eigenvalue weighted by Gasteiger charge is -2.49. The summed E-state index contributed by atoms with van der Waals surface area (Å²) in [4.78, 5) is 1.74. The summed E-state index contributed by atoms with van der Waals surface area (Å²) in [6.45, 7) is 6.21. The number of rotatable bonds is 2. The molecule has 1 aliphatic heterocycles. The fourth-order valence-corrected chi connectivity index (χ4v) is 3.10.